The van der Waals surface area contributed by atoms with Gasteiger partial charge in [-0.25, -0.2) is 0 Å². The number of nitrogens with one attached hydrogen (secondary N) is 1. The largest absolute Gasteiger partial charge is 0.319 e. The predicted molar refractivity (Wildman–Crippen MR) is 86.1 cm³/mol. The van der Waals surface area contributed by atoms with Gasteiger partial charge in [0.15, 0.2) is 0 Å². The number of piperidine rings is 1. The van der Waals surface area contributed by atoms with Gasteiger partial charge in [0.25, 0.3) is 5.69 Å². The molecular weight excluding hydrogens is 306 g/mol. The van der Waals surface area contributed by atoms with Gasteiger partial charge in [0.2, 0.25) is 5.91 Å². The van der Waals surface area contributed by atoms with Gasteiger partial charge in [0.05, 0.1) is 11.5 Å². The molecule has 120 valence electrons. The van der Waals surface area contributed by atoms with Crippen LogP contribution in [0.15, 0.2) is 18.2 Å². The quantitative estimate of drug-likeness (QED) is 0.681. The van der Waals surface area contributed by atoms with Crippen LogP contribution in [0, 0.1) is 22.0 Å². The van der Waals surface area contributed by atoms with Gasteiger partial charge < -0.3 is 5.32 Å². The molecule has 6 nitrogen and oxygen atoms in total. The van der Waals surface area contributed by atoms with Crippen molar-refractivity contribution in [2.24, 2.45) is 11.8 Å². The zero-order valence-electron chi connectivity index (χ0n) is 12.7. The van der Waals surface area contributed by atoms with E-state index in [1.165, 1.54) is 18.2 Å². The summed E-state index contributed by atoms with van der Waals surface area (Å²) in [7, 11) is 0. The van der Waals surface area contributed by atoms with Crippen LogP contribution in [0.5, 0.6) is 0 Å². The van der Waals surface area contributed by atoms with E-state index < -0.39 is 4.92 Å². The van der Waals surface area contributed by atoms with Gasteiger partial charge >= 0.3 is 0 Å². The summed E-state index contributed by atoms with van der Waals surface area (Å²) in [5.74, 6) is 0.848. The number of rotatable bonds is 4. The number of amides is 1. The number of hydrogen-bond donors (Lipinski definition) is 1. The Bertz CT molecular complexity index is 569. The number of benzene rings is 1. The summed E-state index contributed by atoms with van der Waals surface area (Å²) in [6.07, 6.45) is 1.16. The van der Waals surface area contributed by atoms with Crippen molar-refractivity contribution in [1.82, 2.24) is 4.90 Å². The number of nitro groups is 1. The summed E-state index contributed by atoms with van der Waals surface area (Å²) in [5.41, 5.74) is -0.0151. The highest BCUT2D eigenvalue weighted by Crippen LogP contribution is 2.28. The molecule has 7 heteroatoms. The Morgan fingerprint density at radius 3 is 2.64 bits per heavy atom. The van der Waals surface area contributed by atoms with Gasteiger partial charge in [-0.05, 0) is 30.4 Å². The number of nitrogens with zero attached hydrogens (tertiary/aromatic N) is 2. The summed E-state index contributed by atoms with van der Waals surface area (Å²) in [4.78, 5) is 24.7. The normalized spacial score (nSPS) is 22.3. The Hall–Kier alpha value is -1.66. The van der Waals surface area contributed by atoms with E-state index in [2.05, 4.69) is 24.1 Å². The van der Waals surface area contributed by atoms with Crippen LogP contribution >= 0.6 is 11.6 Å². The number of hydrogen-bond acceptors (Lipinski definition) is 4. The lowest BCUT2D eigenvalue weighted by molar-refractivity contribution is -0.383. The molecule has 1 fully saturated rings. The van der Waals surface area contributed by atoms with E-state index in [1.54, 1.807) is 0 Å². The number of halogens is 1. The zero-order chi connectivity index (χ0) is 16.3. The molecule has 0 saturated carbocycles. The fourth-order valence-corrected chi connectivity index (χ4v) is 3.25. The maximum Gasteiger partial charge on any atom is 0.292 e. The first kappa shape index (κ1) is 16.7. The van der Waals surface area contributed by atoms with E-state index in [4.69, 9.17) is 11.6 Å². The maximum atomic E-state index is 12.2. The molecule has 0 bridgehead atoms. The van der Waals surface area contributed by atoms with Crippen molar-refractivity contribution in [2.75, 3.05) is 25.0 Å². The fraction of sp³-hybridized carbons (Fsp3) is 0.533. The van der Waals surface area contributed by atoms with Crippen LogP contribution in [-0.2, 0) is 4.79 Å². The second kappa shape index (κ2) is 7.07. The van der Waals surface area contributed by atoms with E-state index in [0.29, 0.717) is 16.9 Å². The summed E-state index contributed by atoms with van der Waals surface area (Å²) in [6.45, 7) is 6.31. The van der Waals surface area contributed by atoms with Crippen molar-refractivity contribution >= 4 is 28.9 Å². The van der Waals surface area contributed by atoms with Crippen molar-refractivity contribution in [3.63, 3.8) is 0 Å². The zero-order valence-corrected chi connectivity index (χ0v) is 13.5. The number of carbonyl (C=O) groups is 1. The molecule has 0 aromatic heterocycles. The van der Waals surface area contributed by atoms with Crippen LogP contribution in [-0.4, -0.2) is 35.4 Å². The molecule has 1 aliphatic heterocycles. The number of likely N-dealkylation sites (tertiary alicyclic amines) is 1. The summed E-state index contributed by atoms with van der Waals surface area (Å²) in [6, 6.07) is 4.13. The third-order valence-electron chi connectivity index (χ3n) is 3.74. The lowest BCUT2D eigenvalue weighted by atomic mass is 9.92. The van der Waals surface area contributed by atoms with Gasteiger partial charge in [-0.3, -0.25) is 19.8 Å². The molecule has 2 rings (SSSR count). The van der Waals surface area contributed by atoms with E-state index in [-0.39, 0.29) is 23.8 Å². The molecule has 0 spiro atoms. The molecule has 0 radical (unpaired) electrons. The molecule has 0 aliphatic carbocycles. The lowest BCUT2D eigenvalue weighted by Gasteiger charge is -2.34. The summed E-state index contributed by atoms with van der Waals surface area (Å²) >= 11 is 5.85. The van der Waals surface area contributed by atoms with Crippen LogP contribution in [0.3, 0.4) is 0 Å². The first-order valence-electron chi connectivity index (χ1n) is 7.31. The molecule has 1 amide bonds. The Balaban J connectivity index is 2.03. The van der Waals surface area contributed by atoms with Crippen LogP contribution in [0.2, 0.25) is 5.02 Å². The molecule has 1 aromatic carbocycles. The van der Waals surface area contributed by atoms with Gasteiger partial charge in [-0.15, -0.1) is 0 Å². The molecular formula is C15H20ClN3O3. The van der Waals surface area contributed by atoms with E-state index in [0.717, 1.165) is 19.5 Å². The van der Waals surface area contributed by atoms with Gasteiger partial charge in [-0.1, -0.05) is 25.4 Å². The molecule has 2 atom stereocenters. The molecule has 22 heavy (non-hydrogen) atoms. The Labute approximate surface area is 134 Å². The Kier molecular flexibility index (Phi) is 5.37. The number of carbonyl (C=O) groups excluding carboxylic acids is 1. The van der Waals surface area contributed by atoms with Crippen LogP contribution < -0.4 is 5.32 Å². The second-order valence-electron chi connectivity index (χ2n) is 6.11. The second-order valence-corrected chi connectivity index (χ2v) is 6.54. The molecule has 1 heterocycles. The highest BCUT2D eigenvalue weighted by molar-refractivity contribution is 6.31. The topological polar surface area (TPSA) is 75.5 Å². The van der Waals surface area contributed by atoms with Crippen molar-refractivity contribution < 1.29 is 9.72 Å². The van der Waals surface area contributed by atoms with Crippen molar-refractivity contribution in [3.8, 4) is 0 Å². The summed E-state index contributed by atoms with van der Waals surface area (Å²) in [5, 5.41) is 13.9. The molecule has 1 N–H and O–H groups in total. The Morgan fingerprint density at radius 1 is 1.41 bits per heavy atom. The smallest absolute Gasteiger partial charge is 0.292 e. The molecule has 1 aromatic rings. The van der Waals surface area contributed by atoms with E-state index in [1.807, 2.05) is 0 Å². The Morgan fingerprint density at radius 2 is 2.05 bits per heavy atom. The average Bonchev–Trinajstić information content (AvgIpc) is 2.36. The summed E-state index contributed by atoms with van der Waals surface area (Å²) < 4.78 is 0. The molecule has 1 aliphatic rings. The van der Waals surface area contributed by atoms with Gasteiger partial charge in [0.1, 0.15) is 5.69 Å². The fourth-order valence-electron chi connectivity index (χ4n) is 3.08. The molecule has 0 unspecified atom stereocenters. The van der Waals surface area contributed by atoms with E-state index >= 15 is 0 Å². The third kappa shape index (κ3) is 4.42. The lowest BCUT2D eigenvalue weighted by Crippen LogP contribution is -2.42. The average molecular weight is 326 g/mol. The SMILES string of the molecule is C[C@@H]1C[C@H](C)CN(CC(=O)Nc2cc(Cl)ccc2[N+](=O)[O-])C1. The first-order chi connectivity index (χ1) is 10.3. The highest BCUT2D eigenvalue weighted by atomic mass is 35.5. The van der Waals surface area contributed by atoms with Crippen LogP contribution in [0.4, 0.5) is 11.4 Å². The van der Waals surface area contributed by atoms with Crippen molar-refractivity contribution in [2.45, 2.75) is 20.3 Å². The third-order valence-corrected chi connectivity index (χ3v) is 3.98. The highest BCUT2D eigenvalue weighted by Gasteiger charge is 2.24. The predicted octanol–water partition coefficient (Wildman–Crippen LogP) is 3.16. The van der Waals surface area contributed by atoms with Crippen LogP contribution in [0.25, 0.3) is 0 Å². The molecule has 1 saturated heterocycles. The van der Waals surface area contributed by atoms with Crippen molar-refractivity contribution in [1.29, 1.82) is 0 Å². The monoisotopic (exact) mass is 325 g/mol. The minimum atomic E-state index is -0.531. The van der Waals surface area contributed by atoms with E-state index in [9.17, 15) is 14.9 Å². The first-order valence-corrected chi connectivity index (χ1v) is 7.69. The number of anilines is 1. The van der Waals surface area contributed by atoms with Crippen molar-refractivity contribution in [3.05, 3.63) is 33.3 Å². The minimum absolute atomic E-state index is 0.139. The van der Waals surface area contributed by atoms with Gasteiger partial charge in [-0.2, -0.15) is 0 Å². The van der Waals surface area contributed by atoms with Crippen LogP contribution in [0.1, 0.15) is 20.3 Å². The minimum Gasteiger partial charge on any atom is -0.319 e. The number of nitro benzene ring substituents is 1. The standard InChI is InChI=1S/C15H20ClN3O3/c1-10-5-11(2)8-18(7-10)9-15(20)17-13-6-12(16)3-4-14(13)19(21)22/h3-4,6,10-11H,5,7-9H2,1-2H3,(H,17,20)/t10-,11+. The van der Waals surface area contributed by atoms with Gasteiger partial charge in [0, 0.05) is 24.2 Å². The maximum absolute atomic E-state index is 12.2.